The second kappa shape index (κ2) is 27.9. The van der Waals surface area contributed by atoms with Crippen LogP contribution < -0.4 is 5.73 Å². The van der Waals surface area contributed by atoms with Gasteiger partial charge in [0.25, 0.3) is 0 Å². The van der Waals surface area contributed by atoms with E-state index >= 15 is 0 Å². The number of rotatable bonds is 28. The summed E-state index contributed by atoms with van der Waals surface area (Å²) in [7, 11) is 0. The highest BCUT2D eigenvalue weighted by Gasteiger charge is 2.04. The molecule has 0 radical (unpaired) electrons. The topological polar surface area (TPSA) is 154 Å². The molecule has 34 heavy (non-hydrogen) atoms. The van der Waals surface area contributed by atoms with Crippen LogP contribution in [-0.2, 0) is 47.5 Å². The summed E-state index contributed by atoms with van der Waals surface area (Å²) in [6, 6.07) is 0. The van der Waals surface area contributed by atoms with Gasteiger partial charge in [-0.3, -0.25) is 9.59 Å². The third-order valence-electron chi connectivity index (χ3n) is 4.01. The highest BCUT2D eigenvalue weighted by atomic mass is 16.6. The Labute approximate surface area is 202 Å². The molecule has 0 saturated carbocycles. The van der Waals surface area contributed by atoms with E-state index in [1.807, 2.05) is 0 Å². The molecule has 0 rings (SSSR count). The lowest BCUT2D eigenvalue weighted by Crippen LogP contribution is -2.15. The molecular weight excluding hydrogens is 454 g/mol. The molecule has 3 N–H and O–H groups in total. The van der Waals surface area contributed by atoms with Crippen molar-refractivity contribution in [2.75, 3.05) is 106 Å². The van der Waals surface area contributed by atoms with Crippen LogP contribution in [0.4, 0.5) is 0 Å². The number of carboxylic acid groups (broad SMARTS) is 1. The summed E-state index contributed by atoms with van der Waals surface area (Å²) in [5, 5.41) is 8.51. The first kappa shape index (κ1) is 32.6. The lowest BCUT2D eigenvalue weighted by molar-refractivity contribution is -0.146. The first-order chi connectivity index (χ1) is 16.7. The van der Waals surface area contributed by atoms with Gasteiger partial charge in [0.15, 0.2) is 0 Å². The molecule has 0 heterocycles. The number of carbonyl (C=O) groups is 2. The molecule has 0 aromatic heterocycles. The first-order valence-electron chi connectivity index (χ1n) is 11.8. The zero-order valence-corrected chi connectivity index (χ0v) is 20.2. The maximum atomic E-state index is 11.4. The van der Waals surface area contributed by atoms with E-state index in [0.29, 0.717) is 112 Å². The molecule has 0 bridgehead atoms. The molecule has 0 saturated heterocycles. The van der Waals surface area contributed by atoms with Gasteiger partial charge in [0.2, 0.25) is 0 Å². The highest BCUT2D eigenvalue weighted by Crippen LogP contribution is 2.01. The molecule has 0 aliphatic carbocycles. The maximum absolute atomic E-state index is 11.4. The van der Waals surface area contributed by atoms with Gasteiger partial charge in [0, 0.05) is 19.4 Å². The number of esters is 1. The Hall–Kier alpha value is -1.38. The van der Waals surface area contributed by atoms with Crippen LogP contribution in [0.5, 0.6) is 0 Å². The molecule has 202 valence electrons. The van der Waals surface area contributed by atoms with Crippen molar-refractivity contribution in [3.05, 3.63) is 0 Å². The number of nitrogens with two attached hydrogens (primary N) is 1. The van der Waals surface area contributed by atoms with Crippen molar-refractivity contribution >= 4 is 11.9 Å². The number of aliphatic carboxylic acids is 1. The van der Waals surface area contributed by atoms with Crippen LogP contribution in [0.1, 0.15) is 25.7 Å². The SMILES string of the molecule is NCCOCCOCCOCCOCCOCCOCCOCCOC(=O)CCCCC(=O)O. The van der Waals surface area contributed by atoms with Crippen molar-refractivity contribution in [1.82, 2.24) is 0 Å². The molecule has 0 spiro atoms. The molecule has 0 atom stereocenters. The normalized spacial score (nSPS) is 11.1. The van der Waals surface area contributed by atoms with Gasteiger partial charge in [-0.25, -0.2) is 0 Å². The second-order valence-corrected chi connectivity index (χ2v) is 6.90. The smallest absolute Gasteiger partial charge is 0.305 e. The van der Waals surface area contributed by atoms with E-state index in [1.54, 1.807) is 0 Å². The maximum Gasteiger partial charge on any atom is 0.305 e. The predicted molar refractivity (Wildman–Crippen MR) is 122 cm³/mol. The molecule has 0 aliphatic rings. The summed E-state index contributed by atoms with van der Waals surface area (Å²) in [6.07, 6.45) is 1.26. The van der Waals surface area contributed by atoms with E-state index in [-0.39, 0.29) is 25.4 Å². The second-order valence-electron chi connectivity index (χ2n) is 6.90. The quantitative estimate of drug-likeness (QED) is 0.112. The third-order valence-corrected chi connectivity index (χ3v) is 4.01. The minimum atomic E-state index is -0.860. The molecular formula is C22H43NO11. The Morgan fingerprint density at radius 3 is 1.18 bits per heavy atom. The van der Waals surface area contributed by atoms with Crippen molar-refractivity contribution in [2.24, 2.45) is 5.73 Å². The van der Waals surface area contributed by atoms with Crippen LogP contribution in [0.3, 0.4) is 0 Å². The van der Waals surface area contributed by atoms with Crippen LogP contribution in [0.2, 0.25) is 0 Å². The van der Waals surface area contributed by atoms with Crippen LogP contribution in [0.25, 0.3) is 0 Å². The standard InChI is InChI=1S/C22H43NO11/c23-5-6-27-7-8-28-9-10-29-11-12-30-13-14-31-15-16-32-17-18-33-19-20-34-22(26)4-2-1-3-21(24)25/h1-20,23H2,(H,24,25). The van der Waals surface area contributed by atoms with Crippen LogP contribution in [0, 0.1) is 0 Å². The summed E-state index contributed by atoms with van der Waals surface area (Å²) < 4.78 is 42.4. The van der Waals surface area contributed by atoms with E-state index < -0.39 is 5.97 Å². The Balaban J connectivity index is 3.10. The summed E-state index contributed by atoms with van der Waals surface area (Å²) in [4.78, 5) is 21.8. The number of carboxylic acids is 1. The van der Waals surface area contributed by atoms with Gasteiger partial charge in [0.1, 0.15) is 6.61 Å². The molecule has 0 aromatic carbocycles. The van der Waals surface area contributed by atoms with Gasteiger partial charge in [0.05, 0.1) is 92.5 Å². The number of hydrogen-bond donors (Lipinski definition) is 2. The lowest BCUT2D eigenvalue weighted by Gasteiger charge is -2.08. The van der Waals surface area contributed by atoms with Crippen molar-refractivity contribution in [3.63, 3.8) is 0 Å². The van der Waals surface area contributed by atoms with Crippen LogP contribution in [0.15, 0.2) is 0 Å². The largest absolute Gasteiger partial charge is 0.481 e. The Bertz CT molecular complexity index is 455. The molecule has 0 unspecified atom stereocenters. The molecule has 12 heteroatoms. The Kier molecular flexibility index (Phi) is 26.7. The average Bonchev–Trinajstić information content (AvgIpc) is 2.82. The fourth-order valence-electron chi connectivity index (χ4n) is 2.34. The molecule has 0 aromatic rings. The summed E-state index contributed by atoms with van der Waals surface area (Å²) in [5.74, 6) is -1.20. The van der Waals surface area contributed by atoms with E-state index in [4.69, 9.17) is 48.7 Å². The molecule has 12 nitrogen and oxygen atoms in total. The third kappa shape index (κ3) is 28.7. The molecule has 0 fully saturated rings. The zero-order chi connectivity index (χ0) is 25.0. The van der Waals surface area contributed by atoms with Crippen molar-refractivity contribution in [1.29, 1.82) is 0 Å². The fourth-order valence-corrected chi connectivity index (χ4v) is 2.34. The van der Waals surface area contributed by atoms with E-state index in [9.17, 15) is 9.59 Å². The average molecular weight is 498 g/mol. The first-order valence-corrected chi connectivity index (χ1v) is 11.8. The van der Waals surface area contributed by atoms with Gasteiger partial charge in [-0.05, 0) is 12.8 Å². The molecule has 0 amide bonds. The fraction of sp³-hybridized carbons (Fsp3) is 0.909. The minimum absolute atomic E-state index is 0.0651. The van der Waals surface area contributed by atoms with Crippen molar-refractivity contribution in [2.45, 2.75) is 25.7 Å². The number of carbonyl (C=O) groups excluding carboxylic acids is 1. The van der Waals surface area contributed by atoms with E-state index in [1.165, 1.54) is 0 Å². The Morgan fingerprint density at radius 1 is 0.500 bits per heavy atom. The van der Waals surface area contributed by atoms with Crippen LogP contribution >= 0.6 is 0 Å². The predicted octanol–water partition coefficient (Wildman–Crippen LogP) is 0.250. The van der Waals surface area contributed by atoms with E-state index in [2.05, 4.69) is 0 Å². The summed E-state index contributed by atoms with van der Waals surface area (Å²) in [5.41, 5.74) is 5.31. The van der Waals surface area contributed by atoms with Crippen molar-refractivity contribution in [3.8, 4) is 0 Å². The number of ether oxygens (including phenoxy) is 8. The van der Waals surface area contributed by atoms with Gasteiger partial charge < -0.3 is 48.7 Å². The van der Waals surface area contributed by atoms with Crippen LogP contribution in [-0.4, -0.2) is 123 Å². The van der Waals surface area contributed by atoms with Crippen molar-refractivity contribution < 1.29 is 52.6 Å². The van der Waals surface area contributed by atoms with Gasteiger partial charge in [-0.15, -0.1) is 0 Å². The van der Waals surface area contributed by atoms with Gasteiger partial charge >= 0.3 is 11.9 Å². The van der Waals surface area contributed by atoms with Gasteiger partial charge in [-0.2, -0.15) is 0 Å². The number of hydrogen-bond acceptors (Lipinski definition) is 11. The summed E-state index contributed by atoms with van der Waals surface area (Å²) in [6.45, 7) is 7.33. The highest BCUT2D eigenvalue weighted by molar-refractivity contribution is 5.69. The van der Waals surface area contributed by atoms with Gasteiger partial charge in [-0.1, -0.05) is 0 Å². The Morgan fingerprint density at radius 2 is 0.824 bits per heavy atom. The summed E-state index contributed by atoms with van der Waals surface area (Å²) >= 11 is 0. The zero-order valence-electron chi connectivity index (χ0n) is 20.2. The minimum Gasteiger partial charge on any atom is -0.481 e. The number of unbranched alkanes of at least 4 members (excludes halogenated alkanes) is 1. The lowest BCUT2D eigenvalue weighted by atomic mass is 10.2. The van der Waals surface area contributed by atoms with E-state index in [0.717, 1.165) is 0 Å². The molecule has 0 aliphatic heterocycles. The monoisotopic (exact) mass is 497 g/mol.